The summed E-state index contributed by atoms with van der Waals surface area (Å²) in [4.78, 5) is 10.1. The van der Waals surface area contributed by atoms with E-state index in [1.54, 1.807) is 0 Å². The van der Waals surface area contributed by atoms with Gasteiger partial charge in [-0.15, -0.1) is 0 Å². The zero-order chi connectivity index (χ0) is 12.3. The minimum absolute atomic E-state index is 0.338. The first kappa shape index (κ1) is 12.2. The maximum atomic E-state index is 12.7. The van der Waals surface area contributed by atoms with Gasteiger partial charge < -0.3 is 5.11 Å². The van der Waals surface area contributed by atoms with E-state index in [2.05, 4.69) is 0 Å². The molecule has 0 unspecified atom stereocenters. The summed E-state index contributed by atoms with van der Waals surface area (Å²) in [5.41, 5.74) is -1.60. The summed E-state index contributed by atoms with van der Waals surface area (Å²) < 4.78 is 49.9. The Hall–Kier alpha value is -1.85. The van der Waals surface area contributed by atoms with Gasteiger partial charge in [0.25, 0.3) is 0 Å². The van der Waals surface area contributed by atoms with E-state index in [9.17, 15) is 22.4 Å². The maximum absolute atomic E-state index is 12.7. The van der Waals surface area contributed by atoms with Crippen molar-refractivity contribution in [3.8, 4) is 0 Å². The third-order valence-electron chi connectivity index (χ3n) is 1.75. The lowest BCUT2D eigenvalue weighted by atomic mass is 10.1. The number of aliphatic carboxylic acids is 1. The molecule has 0 saturated carbocycles. The predicted octanol–water partition coefficient (Wildman–Crippen LogP) is 3.10. The molecule has 1 rings (SSSR count). The van der Waals surface area contributed by atoms with Crippen LogP contribution in [0.15, 0.2) is 30.1 Å². The Labute approximate surface area is 87.8 Å². The van der Waals surface area contributed by atoms with Gasteiger partial charge >= 0.3 is 12.1 Å². The van der Waals surface area contributed by atoms with Crippen molar-refractivity contribution in [2.75, 3.05) is 0 Å². The average Bonchev–Trinajstić information content (AvgIpc) is 2.16. The normalized spacial score (nSPS) is 12.6. The van der Waals surface area contributed by atoms with Crippen molar-refractivity contribution in [1.82, 2.24) is 0 Å². The minimum Gasteiger partial charge on any atom is -0.476 e. The lowest BCUT2D eigenvalue weighted by molar-refractivity contribution is -0.138. The van der Waals surface area contributed by atoms with Gasteiger partial charge in [-0.2, -0.15) is 17.6 Å². The van der Waals surface area contributed by atoms with Crippen LogP contribution in [0.25, 0.3) is 6.08 Å². The van der Waals surface area contributed by atoms with Crippen LogP contribution in [-0.4, -0.2) is 11.1 Å². The molecule has 0 saturated heterocycles. The molecule has 16 heavy (non-hydrogen) atoms. The number of hydrogen-bond acceptors (Lipinski definition) is 1. The molecule has 0 heterocycles. The van der Waals surface area contributed by atoms with Crippen molar-refractivity contribution >= 4 is 12.0 Å². The number of carbonyl (C=O) groups is 1. The molecule has 0 atom stereocenters. The SMILES string of the molecule is O=C(O)C(F)=Cc1ccccc1C(F)(F)F. The van der Waals surface area contributed by atoms with Crippen LogP contribution in [0.3, 0.4) is 0 Å². The zero-order valence-electron chi connectivity index (χ0n) is 7.75. The molecule has 1 aromatic rings. The van der Waals surface area contributed by atoms with E-state index in [1.807, 2.05) is 0 Å². The number of benzene rings is 1. The molecule has 0 aliphatic carbocycles. The number of rotatable bonds is 2. The van der Waals surface area contributed by atoms with Crippen molar-refractivity contribution in [1.29, 1.82) is 0 Å². The predicted molar refractivity (Wildman–Crippen MR) is 48.2 cm³/mol. The van der Waals surface area contributed by atoms with Crippen LogP contribution >= 0.6 is 0 Å². The van der Waals surface area contributed by atoms with Gasteiger partial charge in [-0.25, -0.2) is 4.79 Å². The lowest BCUT2D eigenvalue weighted by Gasteiger charge is -2.09. The van der Waals surface area contributed by atoms with Crippen LogP contribution in [0.2, 0.25) is 0 Å². The zero-order valence-corrected chi connectivity index (χ0v) is 7.75. The van der Waals surface area contributed by atoms with Crippen LogP contribution in [0.1, 0.15) is 11.1 Å². The fourth-order valence-corrected chi connectivity index (χ4v) is 1.08. The van der Waals surface area contributed by atoms with Crippen molar-refractivity contribution < 1.29 is 27.5 Å². The smallest absolute Gasteiger partial charge is 0.416 e. The second kappa shape index (κ2) is 4.34. The van der Waals surface area contributed by atoms with Crippen LogP contribution < -0.4 is 0 Å². The third kappa shape index (κ3) is 2.82. The van der Waals surface area contributed by atoms with E-state index in [0.717, 1.165) is 18.2 Å². The van der Waals surface area contributed by atoms with E-state index in [4.69, 9.17) is 5.11 Å². The van der Waals surface area contributed by atoms with E-state index in [-0.39, 0.29) is 0 Å². The molecule has 6 heteroatoms. The fraction of sp³-hybridized carbons (Fsp3) is 0.100. The molecular weight excluding hydrogens is 228 g/mol. The largest absolute Gasteiger partial charge is 0.476 e. The molecule has 2 nitrogen and oxygen atoms in total. The Morgan fingerprint density at radius 3 is 2.31 bits per heavy atom. The van der Waals surface area contributed by atoms with Gasteiger partial charge in [-0.05, 0) is 17.7 Å². The molecular formula is C10H6F4O2. The second-order valence-electron chi connectivity index (χ2n) is 2.88. The number of carboxylic acids is 1. The lowest BCUT2D eigenvalue weighted by Crippen LogP contribution is -2.07. The number of alkyl halides is 3. The molecule has 1 aromatic carbocycles. The highest BCUT2D eigenvalue weighted by Crippen LogP contribution is 2.32. The van der Waals surface area contributed by atoms with Gasteiger partial charge in [-0.1, -0.05) is 18.2 Å². The van der Waals surface area contributed by atoms with Crippen LogP contribution in [0.4, 0.5) is 17.6 Å². The first-order valence-electron chi connectivity index (χ1n) is 4.09. The second-order valence-corrected chi connectivity index (χ2v) is 2.88. The summed E-state index contributed by atoms with van der Waals surface area (Å²) in [6.07, 6.45) is -4.31. The standard InChI is InChI=1S/C10H6F4O2/c11-8(9(15)16)5-6-3-1-2-4-7(6)10(12,13)14/h1-5H,(H,15,16). The quantitative estimate of drug-likeness (QED) is 0.630. The topological polar surface area (TPSA) is 37.3 Å². The highest BCUT2D eigenvalue weighted by molar-refractivity contribution is 5.89. The van der Waals surface area contributed by atoms with E-state index in [1.165, 1.54) is 6.07 Å². The van der Waals surface area contributed by atoms with Crippen LogP contribution in [0, 0.1) is 0 Å². The van der Waals surface area contributed by atoms with Crippen molar-refractivity contribution in [2.24, 2.45) is 0 Å². The van der Waals surface area contributed by atoms with Gasteiger partial charge in [0, 0.05) is 0 Å². The monoisotopic (exact) mass is 234 g/mol. The summed E-state index contributed by atoms with van der Waals surface area (Å²) >= 11 is 0. The Morgan fingerprint density at radius 1 is 1.25 bits per heavy atom. The Bertz CT molecular complexity index is 435. The minimum atomic E-state index is -4.65. The molecule has 0 aliphatic rings. The molecule has 0 radical (unpaired) electrons. The average molecular weight is 234 g/mol. The number of hydrogen-bond donors (Lipinski definition) is 1. The molecule has 86 valence electrons. The molecule has 0 fully saturated rings. The summed E-state index contributed by atoms with van der Waals surface area (Å²) in [6, 6.07) is 4.14. The number of halogens is 4. The summed E-state index contributed by atoms with van der Waals surface area (Å²) in [5.74, 6) is -3.55. The van der Waals surface area contributed by atoms with Crippen molar-refractivity contribution in [3.63, 3.8) is 0 Å². The van der Waals surface area contributed by atoms with Gasteiger partial charge in [0.2, 0.25) is 5.83 Å². The first-order valence-corrected chi connectivity index (χ1v) is 4.09. The summed E-state index contributed by atoms with van der Waals surface area (Å²) in [7, 11) is 0. The first-order chi connectivity index (χ1) is 7.32. The number of carboxylic acid groups (broad SMARTS) is 1. The molecule has 0 aliphatic heterocycles. The highest BCUT2D eigenvalue weighted by Gasteiger charge is 2.32. The van der Waals surface area contributed by atoms with E-state index >= 15 is 0 Å². The Morgan fingerprint density at radius 2 is 1.81 bits per heavy atom. The molecule has 0 amide bonds. The molecule has 1 N–H and O–H groups in total. The summed E-state index contributed by atoms with van der Waals surface area (Å²) in [6.45, 7) is 0. The highest BCUT2D eigenvalue weighted by atomic mass is 19.4. The van der Waals surface area contributed by atoms with Crippen molar-refractivity contribution in [2.45, 2.75) is 6.18 Å². The van der Waals surface area contributed by atoms with Gasteiger partial charge in [0.15, 0.2) is 0 Å². The van der Waals surface area contributed by atoms with Gasteiger partial charge in [-0.3, -0.25) is 0 Å². The maximum Gasteiger partial charge on any atom is 0.416 e. The molecule has 0 spiro atoms. The summed E-state index contributed by atoms with van der Waals surface area (Å²) in [5, 5.41) is 8.21. The third-order valence-corrected chi connectivity index (χ3v) is 1.75. The van der Waals surface area contributed by atoms with Crippen molar-refractivity contribution in [3.05, 3.63) is 41.2 Å². The molecule has 0 bridgehead atoms. The fourth-order valence-electron chi connectivity index (χ4n) is 1.08. The van der Waals surface area contributed by atoms with E-state index in [0.29, 0.717) is 6.08 Å². The van der Waals surface area contributed by atoms with Gasteiger partial charge in [0.1, 0.15) is 0 Å². The van der Waals surface area contributed by atoms with Gasteiger partial charge in [0.05, 0.1) is 5.56 Å². The Kier molecular flexibility index (Phi) is 3.31. The molecule has 0 aromatic heterocycles. The van der Waals surface area contributed by atoms with Crippen LogP contribution in [-0.2, 0) is 11.0 Å². The van der Waals surface area contributed by atoms with Crippen LogP contribution in [0.5, 0.6) is 0 Å². The van der Waals surface area contributed by atoms with E-state index < -0.39 is 29.1 Å². The Balaban J connectivity index is 3.25.